The first-order valence-corrected chi connectivity index (χ1v) is 9.37. The van der Waals surface area contributed by atoms with Gasteiger partial charge in [0.05, 0.1) is 0 Å². The maximum atomic E-state index is 4.30. The molecule has 0 aromatic heterocycles. The van der Waals surface area contributed by atoms with Gasteiger partial charge in [-0.25, -0.2) is 0 Å². The molecule has 0 radical (unpaired) electrons. The van der Waals surface area contributed by atoms with Crippen LogP contribution in [-0.2, 0) is 0 Å². The second kappa shape index (κ2) is 4.45. The van der Waals surface area contributed by atoms with Crippen molar-refractivity contribution in [2.75, 3.05) is 0 Å². The maximum Gasteiger partial charge on any atom is 0.0483 e. The van der Waals surface area contributed by atoms with E-state index in [1.165, 1.54) is 38.1 Å². The van der Waals surface area contributed by atoms with E-state index in [0.717, 1.165) is 5.92 Å². The lowest BCUT2D eigenvalue weighted by Gasteiger charge is -2.27. The summed E-state index contributed by atoms with van der Waals surface area (Å²) in [6.45, 7) is 11.6. The van der Waals surface area contributed by atoms with Crippen LogP contribution in [0.2, 0.25) is 25.7 Å². The van der Waals surface area contributed by atoms with Crippen LogP contribution in [0.4, 0.5) is 0 Å². The molecular formula is C12H24Si. The Hall–Kier alpha value is -0.0431. The average molecular weight is 196 g/mol. The van der Waals surface area contributed by atoms with Crippen molar-refractivity contribution in [3.63, 3.8) is 0 Å². The van der Waals surface area contributed by atoms with Crippen molar-refractivity contribution in [1.29, 1.82) is 0 Å². The molecule has 76 valence electrons. The van der Waals surface area contributed by atoms with Crippen LogP contribution in [0.5, 0.6) is 0 Å². The van der Waals surface area contributed by atoms with Gasteiger partial charge in [-0.2, -0.15) is 0 Å². The lowest BCUT2D eigenvalue weighted by molar-refractivity contribution is 0.403. The summed E-state index contributed by atoms with van der Waals surface area (Å²) in [6.07, 6.45) is 7.17. The summed E-state index contributed by atoms with van der Waals surface area (Å²) in [5, 5.41) is 0. The Bertz CT molecular complexity index is 170. The predicted molar refractivity (Wildman–Crippen MR) is 63.9 cm³/mol. The van der Waals surface area contributed by atoms with Crippen LogP contribution < -0.4 is 0 Å². The van der Waals surface area contributed by atoms with Gasteiger partial charge in [-0.05, 0) is 24.8 Å². The molecule has 0 amide bonds. The first-order valence-electron chi connectivity index (χ1n) is 5.67. The Balaban J connectivity index is 2.38. The molecule has 0 saturated heterocycles. The third-order valence-electron chi connectivity index (χ3n) is 2.94. The number of rotatable bonds is 3. The molecule has 0 nitrogen and oxygen atoms in total. The third-order valence-corrected chi connectivity index (χ3v) is 4.45. The van der Waals surface area contributed by atoms with Gasteiger partial charge >= 0.3 is 0 Å². The highest BCUT2D eigenvalue weighted by Gasteiger charge is 2.21. The summed E-state index contributed by atoms with van der Waals surface area (Å²) < 4.78 is 0. The van der Waals surface area contributed by atoms with Crippen LogP contribution in [0.15, 0.2) is 12.2 Å². The monoisotopic (exact) mass is 196 g/mol. The van der Waals surface area contributed by atoms with Crippen molar-refractivity contribution in [2.24, 2.45) is 5.92 Å². The molecule has 1 aliphatic carbocycles. The smallest absolute Gasteiger partial charge is 0.0483 e. The number of allylic oxidation sites excluding steroid dienone is 1. The normalized spacial score (nSPS) is 20.2. The maximum absolute atomic E-state index is 4.30. The van der Waals surface area contributed by atoms with Crippen molar-refractivity contribution >= 4 is 8.07 Å². The molecule has 0 aromatic rings. The number of hydrogen-bond donors (Lipinski definition) is 0. The first-order chi connectivity index (χ1) is 5.99. The van der Waals surface area contributed by atoms with Crippen molar-refractivity contribution in [3.05, 3.63) is 12.2 Å². The van der Waals surface area contributed by atoms with E-state index < -0.39 is 8.07 Å². The van der Waals surface area contributed by atoms with Gasteiger partial charge in [0.1, 0.15) is 0 Å². The minimum Gasteiger partial charge on any atom is -0.0999 e. The highest BCUT2D eigenvalue weighted by atomic mass is 28.3. The zero-order chi connectivity index (χ0) is 9.90. The molecule has 0 heterocycles. The van der Waals surface area contributed by atoms with E-state index in [0.29, 0.717) is 0 Å². The van der Waals surface area contributed by atoms with Gasteiger partial charge in [-0.3, -0.25) is 0 Å². The summed E-state index contributed by atoms with van der Waals surface area (Å²) in [5.41, 5.74) is 1.57. The lowest BCUT2D eigenvalue weighted by Crippen LogP contribution is -2.22. The van der Waals surface area contributed by atoms with Gasteiger partial charge in [-0.1, -0.05) is 51.1 Å². The zero-order valence-corrected chi connectivity index (χ0v) is 10.5. The van der Waals surface area contributed by atoms with Gasteiger partial charge in [0, 0.05) is 8.07 Å². The number of hydrogen-bond acceptors (Lipinski definition) is 0. The van der Waals surface area contributed by atoms with Crippen LogP contribution in [-0.4, -0.2) is 8.07 Å². The third kappa shape index (κ3) is 4.12. The molecule has 0 spiro atoms. The van der Waals surface area contributed by atoms with E-state index in [1.54, 1.807) is 5.57 Å². The van der Waals surface area contributed by atoms with Crippen LogP contribution in [0.1, 0.15) is 32.1 Å². The van der Waals surface area contributed by atoms with Crippen molar-refractivity contribution < 1.29 is 0 Å². The van der Waals surface area contributed by atoms with E-state index in [-0.39, 0.29) is 0 Å². The van der Waals surface area contributed by atoms with Crippen LogP contribution in [0.25, 0.3) is 0 Å². The molecule has 0 bridgehead atoms. The first kappa shape index (κ1) is 11.0. The van der Waals surface area contributed by atoms with E-state index in [9.17, 15) is 0 Å². The topological polar surface area (TPSA) is 0 Å². The highest BCUT2D eigenvalue weighted by Crippen LogP contribution is 2.32. The Morgan fingerprint density at radius 2 is 1.69 bits per heavy atom. The van der Waals surface area contributed by atoms with Crippen molar-refractivity contribution in [3.8, 4) is 0 Å². The molecule has 1 saturated carbocycles. The van der Waals surface area contributed by atoms with Crippen LogP contribution in [0, 0.1) is 5.92 Å². The minimum absolute atomic E-state index is 0.875. The fraction of sp³-hybridized carbons (Fsp3) is 0.833. The Morgan fingerprint density at radius 3 is 2.15 bits per heavy atom. The summed E-state index contributed by atoms with van der Waals surface area (Å²) >= 11 is 0. The van der Waals surface area contributed by atoms with E-state index >= 15 is 0 Å². The van der Waals surface area contributed by atoms with Gasteiger partial charge in [0.15, 0.2) is 0 Å². The molecule has 0 aliphatic heterocycles. The SMILES string of the molecule is C=C(C[Si](C)(C)C)C1CCCCC1. The molecule has 13 heavy (non-hydrogen) atoms. The summed E-state index contributed by atoms with van der Waals surface area (Å²) in [6, 6.07) is 1.34. The van der Waals surface area contributed by atoms with Crippen molar-refractivity contribution in [1.82, 2.24) is 0 Å². The van der Waals surface area contributed by atoms with E-state index in [2.05, 4.69) is 26.2 Å². The Kier molecular flexibility index (Phi) is 3.78. The van der Waals surface area contributed by atoms with Gasteiger partial charge in [0.25, 0.3) is 0 Å². The summed E-state index contributed by atoms with van der Waals surface area (Å²) in [4.78, 5) is 0. The Morgan fingerprint density at radius 1 is 1.15 bits per heavy atom. The highest BCUT2D eigenvalue weighted by molar-refractivity contribution is 6.76. The average Bonchev–Trinajstić information content (AvgIpc) is 2.03. The molecular weight excluding hydrogens is 172 g/mol. The van der Waals surface area contributed by atoms with E-state index in [1.807, 2.05) is 0 Å². The molecule has 0 N–H and O–H groups in total. The second-order valence-corrected chi connectivity index (χ2v) is 11.2. The molecule has 1 fully saturated rings. The van der Waals surface area contributed by atoms with Gasteiger partial charge in [-0.15, -0.1) is 0 Å². The molecule has 0 aromatic carbocycles. The zero-order valence-electron chi connectivity index (χ0n) is 9.53. The van der Waals surface area contributed by atoms with Crippen molar-refractivity contribution in [2.45, 2.75) is 57.8 Å². The molecule has 0 unspecified atom stereocenters. The predicted octanol–water partition coefficient (Wildman–Crippen LogP) is 4.46. The lowest BCUT2D eigenvalue weighted by atomic mass is 9.85. The summed E-state index contributed by atoms with van der Waals surface area (Å²) in [5.74, 6) is 0.875. The minimum atomic E-state index is -0.904. The fourth-order valence-electron chi connectivity index (χ4n) is 2.34. The molecule has 1 heteroatoms. The van der Waals surface area contributed by atoms with Crippen LogP contribution >= 0.6 is 0 Å². The van der Waals surface area contributed by atoms with Gasteiger partial charge in [0.2, 0.25) is 0 Å². The molecule has 1 aliphatic rings. The largest absolute Gasteiger partial charge is 0.0999 e. The quantitative estimate of drug-likeness (QED) is 0.462. The standard InChI is InChI=1S/C12H24Si/c1-11(10-13(2,3)4)12-8-6-5-7-9-12/h12H,1,5-10H2,2-4H3. The molecule has 0 atom stereocenters. The van der Waals surface area contributed by atoms with E-state index in [4.69, 9.17) is 0 Å². The van der Waals surface area contributed by atoms with Gasteiger partial charge < -0.3 is 0 Å². The summed E-state index contributed by atoms with van der Waals surface area (Å²) in [7, 11) is -0.904. The fourth-order valence-corrected chi connectivity index (χ4v) is 3.99. The van der Waals surface area contributed by atoms with Crippen LogP contribution in [0.3, 0.4) is 0 Å². The molecule has 1 rings (SSSR count). The second-order valence-electron chi connectivity index (χ2n) is 5.73. The Labute approximate surface area is 84.4 Å².